The van der Waals surface area contributed by atoms with Crippen molar-refractivity contribution < 1.29 is 19.8 Å². The summed E-state index contributed by atoms with van der Waals surface area (Å²) in [6.07, 6.45) is 22.8. The maximum Gasteiger partial charge on any atom is 0.303 e. The minimum Gasteiger partial charge on any atom is -0.481 e. The first-order chi connectivity index (χ1) is 14.1. The van der Waals surface area contributed by atoms with E-state index in [0.717, 1.165) is 25.7 Å². The number of unbranched alkanes of at least 4 members (excludes halogenated alkanes) is 16. The van der Waals surface area contributed by atoms with E-state index in [1.807, 2.05) is 0 Å². The first-order valence-electron chi connectivity index (χ1n) is 12.1. The first-order valence-corrected chi connectivity index (χ1v) is 13.3. The number of hydrogen-bond acceptors (Lipinski definition) is 3. The SMILES string of the molecule is O=C(O)CCCCCCCCCCCSCCCCCCCCCCCC(=O)O. The first kappa shape index (κ1) is 28.3. The highest BCUT2D eigenvalue weighted by molar-refractivity contribution is 7.99. The molecule has 0 spiro atoms. The summed E-state index contributed by atoms with van der Waals surface area (Å²) in [4.78, 5) is 20.8. The summed E-state index contributed by atoms with van der Waals surface area (Å²) in [6, 6.07) is 0. The van der Waals surface area contributed by atoms with E-state index in [1.54, 1.807) is 0 Å². The molecular weight excluding hydrogens is 384 g/mol. The molecule has 0 aromatic carbocycles. The van der Waals surface area contributed by atoms with Crippen LogP contribution in [0, 0.1) is 0 Å². The molecule has 0 saturated heterocycles. The van der Waals surface area contributed by atoms with Crippen molar-refractivity contribution >= 4 is 23.7 Å². The van der Waals surface area contributed by atoms with Gasteiger partial charge in [-0.15, -0.1) is 0 Å². The summed E-state index contributed by atoms with van der Waals surface area (Å²) in [5, 5.41) is 17.2. The summed E-state index contributed by atoms with van der Waals surface area (Å²) < 4.78 is 0. The van der Waals surface area contributed by atoms with Gasteiger partial charge in [-0.25, -0.2) is 0 Å². The van der Waals surface area contributed by atoms with Crippen LogP contribution in [0.4, 0.5) is 0 Å². The Morgan fingerprint density at radius 3 is 0.931 bits per heavy atom. The lowest BCUT2D eigenvalue weighted by Crippen LogP contribution is -1.93. The topological polar surface area (TPSA) is 74.6 Å². The van der Waals surface area contributed by atoms with Crippen LogP contribution in [0.5, 0.6) is 0 Å². The number of carboxylic acid groups (broad SMARTS) is 2. The van der Waals surface area contributed by atoms with Gasteiger partial charge in [0.2, 0.25) is 0 Å². The van der Waals surface area contributed by atoms with Crippen molar-refractivity contribution in [3.05, 3.63) is 0 Å². The van der Waals surface area contributed by atoms with Crippen molar-refractivity contribution in [2.24, 2.45) is 0 Å². The third kappa shape index (κ3) is 27.3. The maximum absolute atomic E-state index is 10.4. The summed E-state index contributed by atoms with van der Waals surface area (Å²) >= 11 is 2.12. The molecule has 0 atom stereocenters. The minimum absolute atomic E-state index is 0.329. The molecule has 0 aliphatic rings. The highest BCUT2D eigenvalue weighted by Crippen LogP contribution is 2.15. The van der Waals surface area contributed by atoms with Gasteiger partial charge in [-0.1, -0.05) is 89.9 Å². The molecule has 0 heterocycles. The van der Waals surface area contributed by atoms with Crippen molar-refractivity contribution in [2.45, 2.75) is 128 Å². The third-order valence-electron chi connectivity index (χ3n) is 5.36. The Bertz CT molecular complexity index is 340. The van der Waals surface area contributed by atoms with E-state index in [4.69, 9.17) is 10.2 Å². The molecule has 5 heteroatoms. The van der Waals surface area contributed by atoms with E-state index in [1.165, 1.54) is 101 Å². The highest BCUT2D eigenvalue weighted by atomic mass is 32.2. The summed E-state index contributed by atoms with van der Waals surface area (Å²) in [7, 11) is 0. The second kappa shape index (κ2) is 23.6. The van der Waals surface area contributed by atoms with Crippen molar-refractivity contribution in [1.29, 1.82) is 0 Å². The molecular formula is C24H46O4S. The van der Waals surface area contributed by atoms with Gasteiger partial charge in [-0.3, -0.25) is 9.59 Å². The zero-order valence-electron chi connectivity index (χ0n) is 18.7. The monoisotopic (exact) mass is 430 g/mol. The quantitative estimate of drug-likeness (QED) is 0.153. The fourth-order valence-electron chi connectivity index (χ4n) is 3.54. The van der Waals surface area contributed by atoms with Crippen molar-refractivity contribution in [1.82, 2.24) is 0 Å². The Kier molecular flexibility index (Phi) is 23.0. The van der Waals surface area contributed by atoms with Crippen molar-refractivity contribution in [2.75, 3.05) is 11.5 Å². The second-order valence-electron chi connectivity index (χ2n) is 8.26. The zero-order valence-corrected chi connectivity index (χ0v) is 19.5. The van der Waals surface area contributed by atoms with E-state index < -0.39 is 11.9 Å². The van der Waals surface area contributed by atoms with Gasteiger partial charge in [0.15, 0.2) is 0 Å². The summed E-state index contributed by atoms with van der Waals surface area (Å²) in [5.41, 5.74) is 0. The fraction of sp³-hybridized carbons (Fsp3) is 0.917. The van der Waals surface area contributed by atoms with Crippen LogP contribution < -0.4 is 0 Å². The van der Waals surface area contributed by atoms with Crippen LogP contribution in [-0.4, -0.2) is 33.7 Å². The van der Waals surface area contributed by atoms with Gasteiger partial charge in [0.05, 0.1) is 0 Å². The predicted octanol–water partition coefficient (Wildman–Crippen LogP) is 7.69. The Labute approximate surface area is 183 Å². The number of aliphatic carboxylic acids is 2. The van der Waals surface area contributed by atoms with Crippen LogP contribution in [0.25, 0.3) is 0 Å². The highest BCUT2D eigenvalue weighted by Gasteiger charge is 1.98. The summed E-state index contributed by atoms with van der Waals surface area (Å²) in [5.74, 6) is 1.29. The molecule has 2 N–H and O–H groups in total. The fourth-order valence-corrected chi connectivity index (χ4v) is 4.56. The molecule has 0 saturated carbocycles. The molecule has 0 fully saturated rings. The molecule has 29 heavy (non-hydrogen) atoms. The average molecular weight is 431 g/mol. The predicted molar refractivity (Wildman–Crippen MR) is 125 cm³/mol. The van der Waals surface area contributed by atoms with Gasteiger partial charge in [-0.2, -0.15) is 11.8 Å². The molecule has 0 aliphatic heterocycles. The van der Waals surface area contributed by atoms with E-state index >= 15 is 0 Å². The van der Waals surface area contributed by atoms with Crippen LogP contribution in [0.15, 0.2) is 0 Å². The Morgan fingerprint density at radius 2 is 0.655 bits per heavy atom. The van der Waals surface area contributed by atoms with E-state index in [-0.39, 0.29) is 0 Å². The second-order valence-corrected chi connectivity index (χ2v) is 9.49. The molecule has 0 amide bonds. The molecule has 4 nitrogen and oxygen atoms in total. The van der Waals surface area contributed by atoms with Crippen molar-refractivity contribution in [3.8, 4) is 0 Å². The number of thioether (sulfide) groups is 1. The summed E-state index contributed by atoms with van der Waals surface area (Å²) in [6.45, 7) is 0. The lowest BCUT2D eigenvalue weighted by atomic mass is 10.1. The van der Waals surface area contributed by atoms with Crippen LogP contribution >= 0.6 is 11.8 Å². The van der Waals surface area contributed by atoms with Crippen LogP contribution in [0.1, 0.15) is 128 Å². The van der Waals surface area contributed by atoms with E-state index in [2.05, 4.69) is 11.8 Å². The molecule has 0 aromatic heterocycles. The van der Waals surface area contributed by atoms with Crippen LogP contribution in [-0.2, 0) is 9.59 Å². The minimum atomic E-state index is -0.666. The molecule has 0 aliphatic carbocycles. The van der Waals surface area contributed by atoms with Crippen molar-refractivity contribution in [3.63, 3.8) is 0 Å². The Hall–Kier alpha value is -0.710. The number of carboxylic acids is 2. The van der Waals surface area contributed by atoms with Gasteiger partial charge >= 0.3 is 11.9 Å². The van der Waals surface area contributed by atoms with Gasteiger partial charge in [0.1, 0.15) is 0 Å². The van der Waals surface area contributed by atoms with E-state index in [9.17, 15) is 9.59 Å². The van der Waals surface area contributed by atoms with Gasteiger partial charge < -0.3 is 10.2 Å². The third-order valence-corrected chi connectivity index (χ3v) is 6.51. The number of rotatable bonds is 24. The normalized spacial score (nSPS) is 11.0. The average Bonchev–Trinajstić information content (AvgIpc) is 2.68. The smallest absolute Gasteiger partial charge is 0.303 e. The van der Waals surface area contributed by atoms with Gasteiger partial charge in [0, 0.05) is 12.8 Å². The van der Waals surface area contributed by atoms with Gasteiger partial charge in [-0.05, 0) is 37.2 Å². The molecule has 0 aromatic rings. The van der Waals surface area contributed by atoms with E-state index in [0.29, 0.717) is 12.8 Å². The lowest BCUT2D eigenvalue weighted by molar-refractivity contribution is -0.138. The Balaban J connectivity index is 3.01. The zero-order chi connectivity index (χ0) is 21.4. The molecule has 172 valence electrons. The molecule has 0 radical (unpaired) electrons. The largest absolute Gasteiger partial charge is 0.481 e. The van der Waals surface area contributed by atoms with Crippen LogP contribution in [0.3, 0.4) is 0 Å². The Morgan fingerprint density at radius 1 is 0.414 bits per heavy atom. The van der Waals surface area contributed by atoms with Crippen LogP contribution in [0.2, 0.25) is 0 Å². The number of hydrogen-bond donors (Lipinski definition) is 2. The lowest BCUT2D eigenvalue weighted by Gasteiger charge is -2.04. The number of carbonyl (C=O) groups is 2. The molecule has 0 unspecified atom stereocenters. The molecule has 0 rings (SSSR count). The molecule has 0 bridgehead atoms. The standard InChI is InChI=1S/C24H46O4S/c25-23(26)19-15-11-7-3-1-5-9-13-17-21-29-22-18-14-10-6-2-4-8-12-16-20-24(27)28/h1-22H2,(H,25,26)(H,27,28). The van der Waals surface area contributed by atoms with Gasteiger partial charge in [0.25, 0.3) is 0 Å². The maximum atomic E-state index is 10.4.